The predicted molar refractivity (Wildman–Crippen MR) is 110 cm³/mol. The van der Waals surface area contributed by atoms with Crippen molar-refractivity contribution in [2.75, 3.05) is 0 Å². The van der Waals surface area contributed by atoms with Crippen LogP contribution in [0.1, 0.15) is 44.8 Å². The van der Waals surface area contributed by atoms with Gasteiger partial charge in [0.05, 0.1) is 10.6 Å². The van der Waals surface area contributed by atoms with Crippen LogP contribution in [0.2, 0.25) is 5.02 Å². The standard InChI is InChI=1S/C24H17ClO3/c1-12-6-5-8-15-14(12)10-11-17-20(15)22(27)21(26)19-13(2)23(28-24(17)19)16-7-3-4-9-18(16)25/h3-9H,10-11H2,1-2H3. The van der Waals surface area contributed by atoms with Crippen LogP contribution >= 0.6 is 11.6 Å². The Labute approximate surface area is 167 Å². The minimum Gasteiger partial charge on any atom is -0.455 e. The van der Waals surface area contributed by atoms with Crippen LogP contribution in [-0.2, 0) is 11.2 Å². The molecule has 1 heterocycles. The van der Waals surface area contributed by atoms with Crippen LogP contribution in [0.3, 0.4) is 0 Å². The third-order valence-corrected chi connectivity index (χ3v) is 6.14. The van der Waals surface area contributed by atoms with Gasteiger partial charge in [-0.25, -0.2) is 0 Å². The summed E-state index contributed by atoms with van der Waals surface area (Å²) in [5.41, 5.74) is 6.26. The summed E-state index contributed by atoms with van der Waals surface area (Å²) in [6, 6.07) is 13.3. The Morgan fingerprint density at radius 3 is 2.39 bits per heavy atom. The third-order valence-electron chi connectivity index (χ3n) is 5.81. The molecule has 2 aliphatic rings. The zero-order valence-corrected chi connectivity index (χ0v) is 16.3. The quantitative estimate of drug-likeness (QED) is 0.492. The minimum absolute atomic E-state index is 0.384. The largest absolute Gasteiger partial charge is 0.455 e. The number of rotatable bonds is 1. The van der Waals surface area contributed by atoms with E-state index in [2.05, 4.69) is 0 Å². The second-order valence-corrected chi connectivity index (χ2v) is 7.76. The Morgan fingerprint density at radius 2 is 1.61 bits per heavy atom. The van der Waals surface area contributed by atoms with Gasteiger partial charge in [0, 0.05) is 22.3 Å². The van der Waals surface area contributed by atoms with Gasteiger partial charge in [-0.15, -0.1) is 0 Å². The van der Waals surface area contributed by atoms with Crippen LogP contribution in [-0.4, -0.2) is 11.6 Å². The monoisotopic (exact) mass is 388 g/mol. The third kappa shape index (κ3) is 2.23. The molecule has 0 N–H and O–H groups in total. The van der Waals surface area contributed by atoms with E-state index in [0.717, 1.165) is 34.2 Å². The topological polar surface area (TPSA) is 47.3 Å². The molecule has 138 valence electrons. The first-order valence-electron chi connectivity index (χ1n) is 9.28. The second kappa shape index (κ2) is 6.05. The number of aryl methyl sites for hydroxylation is 1. The molecule has 1 aromatic heterocycles. The number of hydrogen-bond acceptors (Lipinski definition) is 3. The number of furan rings is 1. The Bertz CT molecular complexity index is 1230. The number of carbonyl (C=O) groups excluding carboxylic acids is 2. The first-order valence-corrected chi connectivity index (χ1v) is 9.66. The van der Waals surface area contributed by atoms with Crippen LogP contribution in [0.4, 0.5) is 0 Å². The van der Waals surface area contributed by atoms with Crippen molar-refractivity contribution in [1.82, 2.24) is 0 Å². The lowest BCUT2D eigenvalue weighted by Gasteiger charge is -2.26. The van der Waals surface area contributed by atoms with Gasteiger partial charge in [0.2, 0.25) is 11.6 Å². The number of carbonyl (C=O) groups is 2. The number of halogens is 1. The molecule has 0 aliphatic heterocycles. The van der Waals surface area contributed by atoms with Gasteiger partial charge in [-0.2, -0.15) is 0 Å². The lowest BCUT2D eigenvalue weighted by atomic mass is 9.75. The highest BCUT2D eigenvalue weighted by Crippen LogP contribution is 2.47. The summed E-state index contributed by atoms with van der Waals surface area (Å²) in [5.74, 6) is 0.144. The predicted octanol–water partition coefficient (Wildman–Crippen LogP) is 5.84. The molecular weight excluding hydrogens is 372 g/mol. The van der Waals surface area contributed by atoms with E-state index < -0.39 is 11.6 Å². The number of allylic oxidation sites excluding steroid dienone is 2. The fourth-order valence-corrected chi connectivity index (χ4v) is 4.64. The van der Waals surface area contributed by atoms with E-state index in [1.165, 1.54) is 0 Å². The fraction of sp³-hybridized carbons (Fsp3) is 0.167. The number of fused-ring (bicyclic) bond motifs is 4. The lowest BCUT2D eigenvalue weighted by molar-refractivity contribution is -0.110. The average molecular weight is 389 g/mol. The first-order chi connectivity index (χ1) is 13.5. The maximum Gasteiger partial charge on any atom is 0.237 e. The van der Waals surface area contributed by atoms with Gasteiger partial charge in [0.25, 0.3) is 0 Å². The van der Waals surface area contributed by atoms with E-state index in [9.17, 15) is 9.59 Å². The zero-order chi connectivity index (χ0) is 19.6. The Kier molecular flexibility index (Phi) is 3.72. The van der Waals surface area contributed by atoms with Crippen molar-refractivity contribution in [3.63, 3.8) is 0 Å². The molecule has 0 saturated heterocycles. The number of benzene rings is 2. The first kappa shape index (κ1) is 17.2. The van der Waals surface area contributed by atoms with Crippen LogP contribution in [0.15, 0.2) is 46.9 Å². The normalized spacial score (nSPS) is 15.4. The highest BCUT2D eigenvalue weighted by molar-refractivity contribution is 6.62. The maximum atomic E-state index is 13.1. The maximum absolute atomic E-state index is 13.1. The average Bonchev–Trinajstić information content (AvgIpc) is 3.03. The summed E-state index contributed by atoms with van der Waals surface area (Å²) >= 11 is 6.36. The van der Waals surface area contributed by atoms with Gasteiger partial charge in [0.15, 0.2) is 0 Å². The molecule has 0 unspecified atom stereocenters. The fourth-order valence-electron chi connectivity index (χ4n) is 4.42. The molecule has 28 heavy (non-hydrogen) atoms. The van der Waals surface area contributed by atoms with E-state index >= 15 is 0 Å². The molecule has 0 bridgehead atoms. The molecule has 3 nitrogen and oxygen atoms in total. The summed E-state index contributed by atoms with van der Waals surface area (Å²) in [4.78, 5) is 26.1. The molecule has 0 radical (unpaired) electrons. The molecule has 5 rings (SSSR count). The van der Waals surface area contributed by atoms with Crippen LogP contribution in [0.25, 0.3) is 22.5 Å². The summed E-state index contributed by atoms with van der Waals surface area (Å²) in [5, 5.41) is 0.550. The van der Waals surface area contributed by atoms with Crippen molar-refractivity contribution in [3.05, 3.63) is 81.1 Å². The molecule has 0 atom stereocenters. The molecule has 0 saturated carbocycles. The van der Waals surface area contributed by atoms with Crippen molar-refractivity contribution in [1.29, 1.82) is 0 Å². The van der Waals surface area contributed by atoms with Crippen molar-refractivity contribution in [3.8, 4) is 11.3 Å². The highest BCUT2D eigenvalue weighted by Gasteiger charge is 2.40. The van der Waals surface area contributed by atoms with Crippen molar-refractivity contribution >= 4 is 34.3 Å². The molecule has 0 spiro atoms. The zero-order valence-electron chi connectivity index (χ0n) is 15.6. The smallest absolute Gasteiger partial charge is 0.237 e. The molecule has 0 amide bonds. The van der Waals surface area contributed by atoms with Crippen molar-refractivity contribution in [2.24, 2.45) is 0 Å². The summed E-state index contributed by atoms with van der Waals surface area (Å²) in [6.07, 6.45) is 1.50. The molecule has 3 aromatic rings. The van der Waals surface area contributed by atoms with Gasteiger partial charge in [0.1, 0.15) is 11.5 Å². The molecular formula is C24H17ClO3. The summed E-state index contributed by atoms with van der Waals surface area (Å²) in [7, 11) is 0. The van der Waals surface area contributed by atoms with Crippen molar-refractivity contribution < 1.29 is 14.0 Å². The van der Waals surface area contributed by atoms with E-state index in [4.69, 9.17) is 16.0 Å². The van der Waals surface area contributed by atoms with Crippen LogP contribution in [0.5, 0.6) is 0 Å². The Morgan fingerprint density at radius 1 is 0.857 bits per heavy atom. The summed E-state index contributed by atoms with van der Waals surface area (Å²) < 4.78 is 6.22. The Balaban J connectivity index is 1.80. The molecule has 2 aliphatic carbocycles. The van der Waals surface area contributed by atoms with E-state index in [1.807, 2.05) is 50.2 Å². The molecule has 2 aromatic carbocycles. The van der Waals surface area contributed by atoms with Gasteiger partial charge in [-0.3, -0.25) is 9.59 Å². The number of ketones is 2. The minimum atomic E-state index is -0.498. The van der Waals surface area contributed by atoms with Gasteiger partial charge >= 0.3 is 0 Å². The van der Waals surface area contributed by atoms with E-state index in [0.29, 0.717) is 39.7 Å². The van der Waals surface area contributed by atoms with Crippen LogP contribution in [0, 0.1) is 13.8 Å². The van der Waals surface area contributed by atoms with Crippen molar-refractivity contribution in [2.45, 2.75) is 26.7 Å². The number of Topliss-reactive ketones (excluding diaryl/α,β-unsaturated/α-hetero) is 2. The number of hydrogen-bond donors (Lipinski definition) is 0. The SMILES string of the molecule is Cc1cccc2c1CCC1=C2C(=O)C(=O)c2c1oc(-c1ccccc1Cl)c2C. The molecule has 4 heteroatoms. The van der Waals surface area contributed by atoms with E-state index in [1.54, 1.807) is 6.07 Å². The van der Waals surface area contributed by atoms with Gasteiger partial charge < -0.3 is 4.42 Å². The molecule has 0 fully saturated rings. The van der Waals surface area contributed by atoms with Gasteiger partial charge in [-0.05, 0) is 55.5 Å². The summed E-state index contributed by atoms with van der Waals surface area (Å²) in [6.45, 7) is 3.86. The van der Waals surface area contributed by atoms with Gasteiger partial charge in [-0.1, -0.05) is 41.9 Å². The van der Waals surface area contributed by atoms with Crippen LogP contribution < -0.4 is 0 Å². The van der Waals surface area contributed by atoms with E-state index in [-0.39, 0.29) is 0 Å². The lowest BCUT2D eigenvalue weighted by Crippen LogP contribution is -2.25. The highest BCUT2D eigenvalue weighted by atomic mass is 35.5. The second-order valence-electron chi connectivity index (χ2n) is 7.35. The Hall–Kier alpha value is -2.91.